The van der Waals surface area contributed by atoms with Crippen molar-refractivity contribution in [3.05, 3.63) is 104 Å². The minimum absolute atomic E-state index is 0.106. The minimum atomic E-state index is -4.91. The first-order chi connectivity index (χ1) is 16.3. The number of halogens is 3. The van der Waals surface area contributed by atoms with Gasteiger partial charge in [0.25, 0.3) is 5.56 Å². The Labute approximate surface area is 192 Å². The van der Waals surface area contributed by atoms with Crippen molar-refractivity contribution in [1.29, 1.82) is 0 Å². The molecule has 10 heteroatoms. The van der Waals surface area contributed by atoms with Crippen molar-refractivity contribution in [3.63, 3.8) is 0 Å². The van der Waals surface area contributed by atoms with Gasteiger partial charge < -0.3 is 14.2 Å². The summed E-state index contributed by atoms with van der Waals surface area (Å²) >= 11 is 0. The van der Waals surface area contributed by atoms with Gasteiger partial charge in [0, 0.05) is 12.6 Å². The first kappa shape index (κ1) is 23.9. The Bertz CT molecular complexity index is 1190. The third-order valence-electron chi connectivity index (χ3n) is 5.46. The first-order valence-corrected chi connectivity index (χ1v) is 10.7. The molecule has 2 heterocycles. The minimum Gasteiger partial charge on any atom is -0.374 e. The van der Waals surface area contributed by atoms with Crippen LogP contribution >= 0.6 is 0 Å². The van der Waals surface area contributed by atoms with Crippen LogP contribution in [0.4, 0.5) is 13.2 Å². The number of benzene rings is 2. The van der Waals surface area contributed by atoms with Crippen LogP contribution in [0.15, 0.2) is 76.4 Å². The number of rotatable bonds is 8. The molecule has 7 nitrogen and oxygen atoms in total. The van der Waals surface area contributed by atoms with E-state index in [2.05, 4.69) is 0 Å². The summed E-state index contributed by atoms with van der Waals surface area (Å²) in [4.78, 5) is 25.7. The van der Waals surface area contributed by atoms with Gasteiger partial charge in [0.15, 0.2) is 0 Å². The third-order valence-corrected chi connectivity index (χ3v) is 5.46. The second-order valence-electron chi connectivity index (χ2n) is 7.91. The molecule has 1 aliphatic rings. The average Bonchev–Trinajstić information content (AvgIpc) is 3.21. The van der Waals surface area contributed by atoms with Gasteiger partial charge in [0.05, 0.1) is 25.9 Å². The van der Waals surface area contributed by atoms with E-state index in [4.69, 9.17) is 14.2 Å². The summed E-state index contributed by atoms with van der Waals surface area (Å²) in [5, 5.41) is 0. The van der Waals surface area contributed by atoms with Crippen molar-refractivity contribution < 1.29 is 27.4 Å². The Morgan fingerprint density at radius 2 is 1.59 bits per heavy atom. The third kappa shape index (κ3) is 5.82. The predicted octanol–water partition coefficient (Wildman–Crippen LogP) is 3.65. The lowest BCUT2D eigenvalue weighted by atomic mass is 10.1. The van der Waals surface area contributed by atoms with E-state index in [1.165, 1.54) is 0 Å². The second kappa shape index (κ2) is 10.4. The highest BCUT2D eigenvalue weighted by molar-refractivity contribution is 5.14. The molecule has 1 fully saturated rings. The molecule has 0 spiro atoms. The van der Waals surface area contributed by atoms with E-state index in [0.29, 0.717) is 12.8 Å². The molecule has 0 aliphatic carbocycles. The molecule has 4 rings (SSSR count). The van der Waals surface area contributed by atoms with Crippen molar-refractivity contribution in [3.8, 4) is 0 Å². The summed E-state index contributed by atoms with van der Waals surface area (Å²) in [6.07, 6.45) is -6.55. The first-order valence-electron chi connectivity index (χ1n) is 10.7. The van der Waals surface area contributed by atoms with Crippen molar-refractivity contribution in [2.45, 2.75) is 44.2 Å². The van der Waals surface area contributed by atoms with E-state index in [1.54, 1.807) is 4.98 Å². The number of aromatic amines is 1. The Kier molecular flexibility index (Phi) is 7.30. The van der Waals surface area contributed by atoms with Crippen LogP contribution in [0.2, 0.25) is 0 Å². The quantitative estimate of drug-likeness (QED) is 0.537. The monoisotopic (exact) mass is 476 g/mol. The molecule has 3 aromatic rings. The van der Waals surface area contributed by atoms with Crippen LogP contribution in [-0.4, -0.2) is 28.4 Å². The molecule has 0 saturated carbocycles. The normalized spacial score (nSPS) is 20.5. The lowest BCUT2D eigenvalue weighted by Crippen LogP contribution is -2.36. The maximum Gasteiger partial charge on any atom is 0.423 e. The van der Waals surface area contributed by atoms with Gasteiger partial charge in [-0.3, -0.25) is 14.3 Å². The summed E-state index contributed by atoms with van der Waals surface area (Å²) in [7, 11) is 0. The Balaban J connectivity index is 1.51. The van der Waals surface area contributed by atoms with Gasteiger partial charge in [0.2, 0.25) is 0 Å². The maximum atomic E-state index is 13.2. The molecule has 1 aromatic heterocycles. The summed E-state index contributed by atoms with van der Waals surface area (Å²) in [6, 6.07) is 18.8. The highest BCUT2D eigenvalue weighted by Gasteiger charge is 2.40. The SMILES string of the molecule is O=c1[nH]c(=O)n([C@H]2C[C@H](OCc3ccccc3)[C@@H](COCc3ccccc3)O2)cc1C(F)(F)F. The van der Waals surface area contributed by atoms with E-state index < -0.39 is 41.4 Å². The van der Waals surface area contributed by atoms with Gasteiger partial charge >= 0.3 is 11.9 Å². The number of hydrogen-bond donors (Lipinski definition) is 1. The fraction of sp³-hybridized carbons (Fsp3) is 0.333. The van der Waals surface area contributed by atoms with Crippen molar-refractivity contribution in [2.75, 3.05) is 6.61 Å². The lowest BCUT2D eigenvalue weighted by Gasteiger charge is -2.19. The Morgan fingerprint density at radius 1 is 0.971 bits per heavy atom. The lowest BCUT2D eigenvalue weighted by molar-refractivity contribution is -0.139. The molecule has 1 N–H and O–H groups in total. The molecule has 0 radical (unpaired) electrons. The zero-order chi connectivity index (χ0) is 24.1. The largest absolute Gasteiger partial charge is 0.423 e. The molecule has 0 unspecified atom stereocenters. The van der Waals surface area contributed by atoms with Crippen LogP contribution in [0.3, 0.4) is 0 Å². The fourth-order valence-electron chi connectivity index (χ4n) is 3.74. The zero-order valence-electron chi connectivity index (χ0n) is 18.0. The molecule has 0 amide bonds. The number of alkyl halides is 3. The smallest absolute Gasteiger partial charge is 0.374 e. The average molecular weight is 476 g/mol. The van der Waals surface area contributed by atoms with Gasteiger partial charge in [-0.25, -0.2) is 4.79 Å². The zero-order valence-corrected chi connectivity index (χ0v) is 18.0. The molecule has 180 valence electrons. The van der Waals surface area contributed by atoms with Gasteiger partial charge in [-0.2, -0.15) is 13.2 Å². The second-order valence-corrected chi connectivity index (χ2v) is 7.91. The van der Waals surface area contributed by atoms with Crippen LogP contribution in [0.5, 0.6) is 0 Å². The highest BCUT2D eigenvalue weighted by atomic mass is 19.4. The topological polar surface area (TPSA) is 82.6 Å². The van der Waals surface area contributed by atoms with Crippen LogP contribution in [-0.2, 0) is 33.6 Å². The number of H-pyrrole nitrogens is 1. The van der Waals surface area contributed by atoms with Crippen LogP contribution in [0.25, 0.3) is 0 Å². The molecule has 3 atom stereocenters. The molecule has 0 bridgehead atoms. The standard InChI is InChI=1S/C24H23F3N2O5/c25-24(26,27)18-12-29(23(31)28-22(18)30)21-11-19(33-14-17-9-5-2-6-10-17)20(34-21)15-32-13-16-7-3-1-4-8-16/h1-10,12,19-21H,11,13-15H2,(H,28,30,31)/t19-,20+,21+/m0/s1. The van der Waals surface area contributed by atoms with Crippen molar-refractivity contribution in [2.24, 2.45) is 0 Å². The number of ether oxygens (including phenoxy) is 3. The van der Waals surface area contributed by atoms with Crippen molar-refractivity contribution >= 4 is 0 Å². The number of nitrogens with one attached hydrogen (secondary N) is 1. The van der Waals surface area contributed by atoms with E-state index >= 15 is 0 Å². The van der Waals surface area contributed by atoms with Crippen LogP contribution in [0.1, 0.15) is 29.3 Å². The fourth-order valence-corrected chi connectivity index (χ4v) is 3.74. The molecular formula is C24H23F3N2O5. The summed E-state index contributed by atoms with van der Waals surface area (Å²) in [5.41, 5.74) is -2.09. The number of hydrogen-bond acceptors (Lipinski definition) is 5. The molecule has 34 heavy (non-hydrogen) atoms. The predicted molar refractivity (Wildman–Crippen MR) is 116 cm³/mol. The van der Waals surface area contributed by atoms with Crippen LogP contribution in [0, 0.1) is 0 Å². The van der Waals surface area contributed by atoms with Gasteiger partial charge in [-0.1, -0.05) is 60.7 Å². The van der Waals surface area contributed by atoms with Gasteiger partial charge in [-0.05, 0) is 11.1 Å². The summed E-state index contributed by atoms with van der Waals surface area (Å²) in [5.74, 6) is 0. The van der Waals surface area contributed by atoms with E-state index in [0.717, 1.165) is 15.7 Å². The molecule has 2 aromatic carbocycles. The van der Waals surface area contributed by atoms with E-state index in [9.17, 15) is 22.8 Å². The Morgan fingerprint density at radius 3 is 2.21 bits per heavy atom. The van der Waals surface area contributed by atoms with Gasteiger partial charge in [0.1, 0.15) is 17.9 Å². The van der Waals surface area contributed by atoms with E-state index in [1.807, 2.05) is 60.7 Å². The highest BCUT2D eigenvalue weighted by Crippen LogP contribution is 2.32. The Hall–Kier alpha value is -3.21. The number of aromatic nitrogens is 2. The number of nitrogens with zero attached hydrogens (tertiary/aromatic N) is 1. The van der Waals surface area contributed by atoms with Crippen molar-refractivity contribution in [1.82, 2.24) is 9.55 Å². The summed E-state index contributed by atoms with van der Waals surface area (Å²) < 4.78 is 58.1. The molecule has 1 aliphatic heterocycles. The molecule has 1 saturated heterocycles. The maximum absolute atomic E-state index is 13.2. The summed E-state index contributed by atoms with van der Waals surface area (Å²) in [6.45, 7) is 0.674. The molecular weight excluding hydrogens is 453 g/mol. The van der Waals surface area contributed by atoms with E-state index in [-0.39, 0.29) is 19.6 Å². The van der Waals surface area contributed by atoms with Gasteiger partial charge in [-0.15, -0.1) is 0 Å². The van der Waals surface area contributed by atoms with Crippen LogP contribution < -0.4 is 11.2 Å².